The minimum Gasteiger partial charge on any atom is -0.339 e. The van der Waals surface area contributed by atoms with Crippen molar-refractivity contribution in [3.63, 3.8) is 0 Å². The Labute approximate surface area is 87.9 Å². The molecule has 1 aliphatic rings. The Balaban J connectivity index is 2.13. The van der Waals surface area contributed by atoms with E-state index in [1.54, 1.807) is 6.20 Å². The highest BCUT2D eigenvalue weighted by Gasteiger charge is 2.13. The molecule has 0 unspecified atom stereocenters. The molecule has 1 saturated heterocycles. The Bertz CT molecular complexity index is 299. The van der Waals surface area contributed by atoms with Gasteiger partial charge in [-0.1, -0.05) is 0 Å². The lowest BCUT2D eigenvalue weighted by molar-refractivity contribution is 0.802. The first-order valence-corrected chi connectivity index (χ1v) is 5.90. The summed E-state index contributed by atoms with van der Waals surface area (Å²) in [6, 6.07) is 1.86. The van der Waals surface area contributed by atoms with Gasteiger partial charge in [0.05, 0.1) is 5.69 Å². The third-order valence-electron chi connectivity index (χ3n) is 2.20. The smallest absolute Gasteiger partial charge is 0.225 e. The van der Waals surface area contributed by atoms with Gasteiger partial charge in [-0.15, -0.1) is 0 Å². The molecule has 1 aliphatic heterocycles. The summed E-state index contributed by atoms with van der Waals surface area (Å²) in [6.07, 6.45) is 1.78. The van der Waals surface area contributed by atoms with Crippen molar-refractivity contribution in [1.29, 1.82) is 0 Å². The number of aromatic nitrogens is 2. The van der Waals surface area contributed by atoms with Crippen LogP contribution in [0.1, 0.15) is 5.69 Å². The summed E-state index contributed by atoms with van der Waals surface area (Å²) in [4.78, 5) is 10.9. The predicted octanol–water partition coefficient (Wildman–Crippen LogP) is 0.488. The average Bonchev–Trinajstić information content (AvgIpc) is 2.30. The molecule has 0 bridgehead atoms. The quantitative estimate of drug-likeness (QED) is 0.770. The van der Waals surface area contributed by atoms with Crippen LogP contribution in [0.2, 0.25) is 0 Å². The minimum absolute atomic E-state index is 0.484. The van der Waals surface area contributed by atoms with Crippen molar-refractivity contribution in [3.8, 4) is 0 Å². The molecule has 5 heteroatoms. The van der Waals surface area contributed by atoms with E-state index in [-0.39, 0.29) is 0 Å². The van der Waals surface area contributed by atoms with Crippen molar-refractivity contribution in [1.82, 2.24) is 9.97 Å². The van der Waals surface area contributed by atoms with Crippen LogP contribution in [0.15, 0.2) is 12.3 Å². The van der Waals surface area contributed by atoms with E-state index in [4.69, 9.17) is 5.73 Å². The molecule has 0 aliphatic carbocycles. The number of rotatable bonds is 2. The largest absolute Gasteiger partial charge is 0.339 e. The molecule has 1 aromatic rings. The van der Waals surface area contributed by atoms with Crippen molar-refractivity contribution in [2.24, 2.45) is 5.73 Å². The Morgan fingerprint density at radius 2 is 2.21 bits per heavy atom. The molecule has 0 spiro atoms. The van der Waals surface area contributed by atoms with Crippen LogP contribution in [0.5, 0.6) is 0 Å². The molecule has 14 heavy (non-hydrogen) atoms. The van der Waals surface area contributed by atoms with Crippen molar-refractivity contribution in [3.05, 3.63) is 18.0 Å². The van der Waals surface area contributed by atoms with Crippen LogP contribution in [-0.4, -0.2) is 34.6 Å². The van der Waals surface area contributed by atoms with Gasteiger partial charge < -0.3 is 10.6 Å². The zero-order chi connectivity index (χ0) is 9.80. The molecule has 2 rings (SSSR count). The van der Waals surface area contributed by atoms with Gasteiger partial charge in [-0.25, -0.2) is 9.97 Å². The fraction of sp³-hybridized carbons (Fsp3) is 0.556. The van der Waals surface area contributed by atoms with E-state index < -0.39 is 0 Å². The molecule has 0 saturated carbocycles. The summed E-state index contributed by atoms with van der Waals surface area (Å²) in [5.74, 6) is 3.15. The van der Waals surface area contributed by atoms with Gasteiger partial charge in [0, 0.05) is 37.3 Å². The van der Waals surface area contributed by atoms with Crippen molar-refractivity contribution < 1.29 is 0 Å². The maximum atomic E-state index is 5.54. The van der Waals surface area contributed by atoms with Gasteiger partial charge >= 0.3 is 0 Å². The normalized spacial score (nSPS) is 17.1. The second-order valence-electron chi connectivity index (χ2n) is 3.15. The summed E-state index contributed by atoms with van der Waals surface area (Å²) in [6.45, 7) is 2.56. The van der Waals surface area contributed by atoms with Gasteiger partial charge in [0.2, 0.25) is 5.95 Å². The molecule has 1 fully saturated rings. The van der Waals surface area contributed by atoms with Crippen LogP contribution in [0.4, 0.5) is 5.95 Å². The Morgan fingerprint density at radius 3 is 2.93 bits per heavy atom. The van der Waals surface area contributed by atoms with Gasteiger partial charge in [-0.2, -0.15) is 11.8 Å². The number of hydrogen-bond donors (Lipinski definition) is 1. The summed E-state index contributed by atoms with van der Waals surface area (Å²) in [5, 5.41) is 0. The van der Waals surface area contributed by atoms with E-state index in [9.17, 15) is 0 Å². The molecule has 0 radical (unpaired) electrons. The summed E-state index contributed by atoms with van der Waals surface area (Å²) < 4.78 is 0. The first-order chi connectivity index (χ1) is 6.90. The first kappa shape index (κ1) is 9.73. The van der Waals surface area contributed by atoms with E-state index >= 15 is 0 Å². The number of nitrogens with zero attached hydrogens (tertiary/aromatic N) is 3. The van der Waals surface area contributed by atoms with Gasteiger partial charge in [-0.3, -0.25) is 0 Å². The molecule has 0 aromatic carbocycles. The van der Waals surface area contributed by atoms with Crippen LogP contribution >= 0.6 is 11.8 Å². The highest BCUT2D eigenvalue weighted by atomic mass is 32.2. The van der Waals surface area contributed by atoms with Crippen molar-refractivity contribution in [2.45, 2.75) is 6.54 Å². The third-order valence-corrected chi connectivity index (χ3v) is 3.15. The monoisotopic (exact) mass is 210 g/mol. The minimum atomic E-state index is 0.484. The number of hydrogen-bond acceptors (Lipinski definition) is 5. The lowest BCUT2D eigenvalue weighted by atomic mass is 10.4. The van der Waals surface area contributed by atoms with Crippen LogP contribution in [0.3, 0.4) is 0 Å². The molecule has 2 heterocycles. The molecular weight excluding hydrogens is 196 g/mol. The van der Waals surface area contributed by atoms with Gasteiger partial charge in [0.1, 0.15) is 0 Å². The van der Waals surface area contributed by atoms with Crippen molar-refractivity contribution >= 4 is 17.7 Å². The Morgan fingerprint density at radius 1 is 1.43 bits per heavy atom. The van der Waals surface area contributed by atoms with E-state index in [0.717, 1.165) is 36.2 Å². The average molecular weight is 210 g/mol. The Kier molecular flexibility index (Phi) is 3.21. The lowest BCUT2D eigenvalue weighted by Crippen LogP contribution is -2.34. The number of anilines is 1. The van der Waals surface area contributed by atoms with Crippen LogP contribution in [0, 0.1) is 0 Å². The standard InChI is InChI=1S/C9H14N4S/c10-7-8-1-2-11-9(12-8)13-3-5-14-6-4-13/h1-2H,3-7,10H2. The maximum Gasteiger partial charge on any atom is 0.225 e. The zero-order valence-electron chi connectivity index (χ0n) is 8.02. The van der Waals surface area contributed by atoms with Crippen LogP contribution < -0.4 is 10.6 Å². The topological polar surface area (TPSA) is 55.0 Å². The second-order valence-corrected chi connectivity index (χ2v) is 4.38. The molecule has 0 amide bonds. The summed E-state index contributed by atoms with van der Waals surface area (Å²) in [7, 11) is 0. The van der Waals surface area contributed by atoms with E-state index in [1.807, 2.05) is 17.8 Å². The fourth-order valence-electron chi connectivity index (χ4n) is 1.41. The molecule has 2 N–H and O–H groups in total. The first-order valence-electron chi connectivity index (χ1n) is 4.75. The lowest BCUT2D eigenvalue weighted by Gasteiger charge is -2.26. The molecular formula is C9H14N4S. The third kappa shape index (κ3) is 2.16. The summed E-state index contributed by atoms with van der Waals surface area (Å²) >= 11 is 1.98. The van der Waals surface area contributed by atoms with Gasteiger partial charge in [-0.05, 0) is 6.07 Å². The van der Waals surface area contributed by atoms with E-state index in [2.05, 4.69) is 14.9 Å². The van der Waals surface area contributed by atoms with Gasteiger partial charge in [0.15, 0.2) is 0 Å². The van der Waals surface area contributed by atoms with Crippen LogP contribution in [-0.2, 0) is 6.54 Å². The van der Waals surface area contributed by atoms with E-state index in [1.165, 1.54) is 0 Å². The zero-order valence-corrected chi connectivity index (χ0v) is 8.83. The second kappa shape index (κ2) is 4.61. The molecule has 1 aromatic heterocycles. The van der Waals surface area contributed by atoms with E-state index in [0.29, 0.717) is 6.54 Å². The SMILES string of the molecule is NCc1ccnc(N2CCSCC2)n1. The number of nitrogens with two attached hydrogens (primary N) is 1. The molecule has 4 nitrogen and oxygen atoms in total. The molecule has 76 valence electrons. The Hall–Kier alpha value is -0.810. The fourth-order valence-corrected chi connectivity index (χ4v) is 2.32. The van der Waals surface area contributed by atoms with Crippen molar-refractivity contribution in [2.75, 3.05) is 29.5 Å². The van der Waals surface area contributed by atoms with Gasteiger partial charge in [0.25, 0.3) is 0 Å². The highest BCUT2D eigenvalue weighted by molar-refractivity contribution is 7.99. The molecule has 0 atom stereocenters. The number of thioether (sulfide) groups is 1. The van der Waals surface area contributed by atoms with Crippen LogP contribution in [0.25, 0.3) is 0 Å². The predicted molar refractivity (Wildman–Crippen MR) is 59.5 cm³/mol. The summed E-state index contributed by atoms with van der Waals surface area (Å²) in [5.41, 5.74) is 6.45. The highest BCUT2D eigenvalue weighted by Crippen LogP contribution is 2.14. The maximum absolute atomic E-state index is 5.54.